The molecule has 62 heavy (non-hydrogen) atoms. The Labute approximate surface area is 382 Å². The van der Waals surface area contributed by atoms with Crippen molar-refractivity contribution in [2.75, 3.05) is 41.0 Å². The molecule has 0 radical (unpaired) electrons. The number of likely N-dealkylation sites (N-methyl/N-ethyl adjacent to an activating group) is 1. The predicted molar refractivity (Wildman–Crippen MR) is 261 cm³/mol. The number of ether oxygens (including phenoxy) is 3. The van der Waals surface area contributed by atoms with Crippen LogP contribution in [-0.4, -0.2) is 80.6 Å². The van der Waals surface area contributed by atoms with Crippen molar-refractivity contribution >= 4 is 17.9 Å². The van der Waals surface area contributed by atoms with E-state index in [1.165, 1.54) is 148 Å². The van der Waals surface area contributed by atoms with Gasteiger partial charge in [0, 0.05) is 19.3 Å². The van der Waals surface area contributed by atoms with Crippen LogP contribution < -0.4 is 0 Å². The second-order valence-electron chi connectivity index (χ2n) is 18.4. The number of hydrogen-bond donors (Lipinski definition) is 1. The zero-order valence-electron chi connectivity index (χ0n) is 41.1. The Morgan fingerprint density at radius 1 is 0.484 bits per heavy atom. The van der Waals surface area contributed by atoms with Crippen molar-refractivity contribution in [2.45, 2.75) is 238 Å². The smallest absolute Gasteiger partial charge is 0.362 e. The molecular formula is C54H98NO7+. The standard InChI is InChI=1S/C54H97NO7/c1-6-8-10-12-14-16-18-20-22-24-25-26-27-29-30-32-34-36-38-40-42-44-52(56)61-49-50(48-60-47-46-51(54(58)59)55(3,4)5)62-53(57)45-43-41-39-37-35-33-31-28-23-21-19-17-15-13-11-9-7-2/h21,23,26-27,31,33,37,39,50-51H,6-20,22,24-25,28-30,32,34-36,38,40-49H2,1-5H3/p+1/b23-21+,27-26+,33-31+,39-37+. The van der Waals surface area contributed by atoms with Gasteiger partial charge in [0.25, 0.3) is 0 Å². The number of aliphatic carboxylic acids is 1. The number of carboxylic acid groups (broad SMARTS) is 1. The zero-order valence-corrected chi connectivity index (χ0v) is 41.1. The average molecular weight is 873 g/mol. The van der Waals surface area contributed by atoms with Gasteiger partial charge in [-0.1, -0.05) is 184 Å². The highest BCUT2D eigenvalue weighted by atomic mass is 16.6. The lowest BCUT2D eigenvalue weighted by atomic mass is 10.1. The summed E-state index contributed by atoms with van der Waals surface area (Å²) in [5, 5.41) is 9.65. The zero-order chi connectivity index (χ0) is 45.6. The van der Waals surface area contributed by atoms with E-state index >= 15 is 0 Å². The topological polar surface area (TPSA) is 99.1 Å². The van der Waals surface area contributed by atoms with Crippen molar-refractivity contribution in [3.05, 3.63) is 48.6 Å². The van der Waals surface area contributed by atoms with Crippen LogP contribution in [0, 0.1) is 0 Å². The van der Waals surface area contributed by atoms with Crippen molar-refractivity contribution in [1.29, 1.82) is 0 Å². The molecular weight excluding hydrogens is 775 g/mol. The number of rotatable bonds is 46. The number of esters is 2. The Kier molecular flexibility index (Phi) is 42.9. The van der Waals surface area contributed by atoms with Crippen molar-refractivity contribution in [2.24, 2.45) is 0 Å². The second kappa shape index (κ2) is 44.9. The molecule has 0 bridgehead atoms. The Bertz CT molecular complexity index is 1150. The number of carboxylic acids is 1. The van der Waals surface area contributed by atoms with Crippen LogP contribution >= 0.6 is 0 Å². The molecule has 8 heteroatoms. The fourth-order valence-corrected chi connectivity index (χ4v) is 7.46. The Hall–Kier alpha value is -2.71. The van der Waals surface area contributed by atoms with Crippen molar-refractivity contribution < 1.29 is 38.2 Å². The molecule has 0 aromatic heterocycles. The average Bonchev–Trinajstić information content (AvgIpc) is 3.23. The van der Waals surface area contributed by atoms with E-state index in [-0.39, 0.29) is 42.7 Å². The van der Waals surface area contributed by atoms with E-state index in [9.17, 15) is 19.5 Å². The van der Waals surface area contributed by atoms with Crippen molar-refractivity contribution in [3.63, 3.8) is 0 Å². The molecule has 0 aliphatic rings. The van der Waals surface area contributed by atoms with Gasteiger partial charge >= 0.3 is 17.9 Å². The maximum atomic E-state index is 12.8. The maximum Gasteiger partial charge on any atom is 0.362 e. The summed E-state index contributed by atoms with van der Waals surface area (Å²) in [6.07, 6.45) is 54.6. The highest BCUT2D eigenvalue weighted by Gasteiger charge is 2.31. The van der Waals surface area contributed by atoms with Crippen LogP contribution in [0.15, 0.2) is 48.6 Å². The molecule has 0 spiro atoms. The van der Waals surface area contributed by atoms with Gasteiger partial charge in [-0.3, -0.25) is 9.59 Å². The van der Waals surface area contributed by atoms with Crippen molar-refractivity contribution in [1.82, 2.24) is 0 Å². The highest BCUT2D eigenvalue weighted by Crippen LogP contribution is 2.15. The molecule has 0 aromatic rings. The number of unbranched alkanes of at least 4 members (excludes halogenated alkanes) is 24. The third-order valence-electron chi connectivity index (χ3n) is 11.5. The first-order chi connectivity index (χ1) is 30.1. The van der Waals surface area contributed by atoms with E-state index in [2.05, 4.69) is 62.5 Å². The first-order valence-electron chi connectivity index (χ1n) is 25.7. The number of carbonyl (C=O) groups excluding carboxylic acids is 2. The number of nitrogens with zero attached hydrogens (tertiary/aromatic N) is 1. The van der Waals surface area contributed by atoms with Gasteiger partial charge in [-0.2, -0.15) is 0 Å². The van der Waals surface area contributed by atoms with Crippen LogP contribution in [0.4, 0.5) is 0 Å². The van der Waals surface area contributed by atoms with Gasteiger partial charge in [-0.15, -0.1) is 0 Å². The predicted octanol–water partition coefficient (Wildman–Crippen LogP) is 14.8. The summed E-state index contributed by atoms with van der Waals surface area (Å²) in [6, 6.07) is -0.625. The first-order valence-corrected chi connectivity index (χ1v) is 25.7. The van der Waals surface area contributed by atoms with E-state index in [0.717, 1.165) is 38.5 Å². The Morgan fingerprint density at radius 3 is 1.32 bits per heavy atom. The molecule has 0 saturated heterocycles. The van der Waals surface area contributed by atoms with Gasteiger partial charge in [-0.25, -0.2) is 4.79 Å². The third kappa shape index (κ3) is 42.6. The molecule has 0 aliphatic carbocycles. The molecule has 8 nitrogen and oxygen atoms in total. The third-order valence-corrected chi connectivity index (χ3v) is 11.5. The fourth-order valence-electron chi connectivity index (χ4n) is 7.46. The second-order valence-corrected chi connectivity index (χ2v) is 18.4. The molecule has 0 rings (SSSR count). The Balaban J connectivity index is 4.31. The maximum absolute atomic E-state index is 12.8. The minimum Gasteiger partial charge on any atom is -0.477 e. The van der Waals surface area contributed by atoms with Crippen LogP contribution in [0.1, 0.15) is 226 Å². The van der Waals surface area contributed by atoms with Gasteiger partial charge in [0.2, 0.25) is 0 Å². The summed E-state index contributed by atoms with van der Waals surface area (Å²) in [7, 11) is 5.52. The molecule has 0 saturated carbocycles. The van der Waals surface area contributed by atoms with Gasteiger partial charge in [0.1, 0.15) is 6.61 Å². The monoisotopic (exact) mass is 873 g/mol. The molecule has 2 unspecified atom stereocenters. The summed E-state index contributed by atoms with van der Waals surface area (Å²) < 4.78 is 17.3. The van der Waals surface area contributed by atoms with E-state index in [4.69, 9.17) is 14.2 Å². The molecule has 0 aromatic carbocycles. The fraction of sp³-hybridized carbons (Fsp3) is 0.796. The van der Waals surface area contributed by atoms with E-state index in [1.54, 1.807) is 0 Å². The van der Waals surface area contributed by atoms with Crippen molar-refractivity contribution in [3.8, 4) is 0 Å². The van der Waals surface area contributed by atoms with Gasteiger partial charge in [-0.05, 0) is 70.6 Å². The summed E-state index contributed by atoms with van der Waals surface area (Å²) in [6.45, 7) is 4.69. The van der Waals surface area contributed by atoms with E-state index in [1.807, 2.05) is 21.1 Å². The largest absolute Gasteiger partial charge is 0.477 e. The summed E-state index contributed by atoms with van der Waals surface area (Å²) in [5.41, 5.74) is 0. The number of carbonyl (C=O) groups is 3. The van der Waals surface area contributed by atoms with Gasteiger partial charge in [0.05, 0.1) is 34.4 Å². The van der Waals surface area contributed by atoms with Gasteiger partial charge in [0.15, 0.2) is 12.1 Å². The molecule has 0 fully saturated rings. The molecule has 1 N–H and O–H groups in total. The minimum absolute atomic E-state index is 0.0398. The summed E-state index contributed by atoms with van der Waals surface area (Å²) >= 11 is 0. The summed E-state index contributed by atoms with van der Waals surface area (Å²) in [4.78, 5) is 37.1. The van der Waals surface area contributed by atoms with Crippen LogP contribution in [0.2, 0.25) is 0 Å². The lowest BCUT2D eigenvalue weighted by molar-refractivity contribution is -0.887. The number of allylic oxidation sites excluding steroid dienone is 8. The number of hydrogen-bond acceptors (Lipinski definition) is 6. The molecule has 0 amide bonds. The molecule has 2 atom stereocenters. The quantitative estimate of drug-likeness (QED) is 0.0281. The highest BCUT2D eigenvalue weighted by molar-refractivity contribution is 5.72. The van der Waals surface area contributed by atoms with Gasteiger partial charge < -0.3 is 23.8 Å². The Morgan fingerprint density at radius 2 is 0.871 bits per heavy atom. The van der Waals surface area contributed by atoms with Crippen LogP contribution in [0.5, 0.6) is 0 Å². The van der Waals surface area contributed by atoms with E-state index < -0.39 is 18.1 Å². The van der Waals surface area contributed by atoms with Crippen LogP contribution in [0.25, 0.3) is 0 Å². The normalized spacial score (nSPS) is 13.2. The van der Waals surface area contributed by atoms with E-state index in [0.29, 0.717) is 19.3 Å². The molecule has 0 heterocycles. The SMILES string of the molecule is CCCCCCCC/C=C/C/C=C/C/C=C/CCCC(=O)OC(COCCC(C(=O)O)[N+](C)(C)C)COC(=O)CCCCCCCCC/C=C/CCCCCCCCCCCC. The molecule has 0 aliphatic heterocycles. The molecule has 360 valence electrons. The summed E-state index contributed by atoms with van der Waals surface area (Å²) in [5.74, 6) is -1.53. The lowest BCUT2D eigenvalue weighted by Crippen LogP contribution is -2.50. The number of quaternary nitrogens is 1. The van der Waals surface area contributed by atoms with Crippen LogP contribution in [-0.2, 0) is 28.6 Å². The first kappa shape index (κ1) is 59.3. The minimum atomic E-state index is -0.882. The lowest BCUT2D eigenvalue weighted by Gasteiger charge is -2.31. The van der Waals surface area contributed by atoms with Crippen LogP contribution in [0.3, 0.4) is 0 Å².